The molecule has 0 saturated heterocycles. The number of rotatable bonds is 1. The number of aryl methyl sites for hydroxylation is 1. The summed E-state index contributed by atoms with van der Waals surface area (Å²) in [4.78, 5) is 20.8. The standard InChI is InChI=1S/C7H8FN5O/c1-2-13-4-3(10-6(13)8)5(14)12-7(9)11-4/h2H2,1H3,(H3,9,11,12,14). The van der Waals surface area contributed by atoms with E-state index in [-0.39, 0.29) is 17.1 Å². The van der Waals surface area contributed by atoms with Crippen LogP contribution in [0.1, 0.15) is 6.92 Å². The molecule has 0 unspecified atom stereocenters. The zero-order valence-corrected chi connectivity index (χ0v) is 7.41. The van der Waals surface area contributed by atoms with Crippen LogP contribution >= 0.6 is 0 Å². The Hall–Kier alpha value is -1.92. The molecule has 3 N–H and O–H groups in total. The number of imidazole rings is 1. The van der Waals surface area contributed by atoms with Crippen molar-refractivity contribution in [2.75, 3.05) is 5.73 Å². The molecular weight excluding hydrogens is 189 g/mol. The lowest BCUT2D eigenvalue weighted by Gasteiger charge is -1.98. The van der Waals surface area contributed by atoms with Gasteiger partial charge in [-0.1, -0.05) is 0 Å². The third kappa shape index (κ3) is 1.05. The molecule has 0 saturated carbocycles. The molecule has 2 aromatic heterocycles. The molecule has 0 spiro atoms. The normalized spacial score (nSPS) is 11.0. The maximum atomic E-state index is 13.1. The van der Waals surface area contributed by atoms with E-state index >= 15 is 0 Å². The van der Waals surface area contributed by atoms with Crippen LogP contribution in [0.3, 0.4) is 0 Å². The molecule has 0 aromatic carbocycles. The number of nitrogen functional groups attached to an aromatic ring is 1. The highest BCUT2D eigenvalue weighted by atomic mass is 19.1. The van der Waals surface area contributed by atoms with Crippen LogP contribution in [0.4, 0.5) is 10.3 Å². The van der Waals surface area contributed by atoms with E-state index in [1.165, 1.54) is 4.57 Å². The Balaban J connectivity index is 2.95. The molecule has 0 aliphatic rings. The van der Waals surface area contributed by atoms with Crippen molar-refractivity contribution in [1.82, 2.24) is 19.5 Å². The highest BCUT2D eigenvalue weighted by Gasteiger charge is 2.13. The van der Waals surface area contributed by atoms with E-state index in [0.29, 0.717) is 6.54 Å². The lowest BCUT2D eigenvalue weighted by atomic mass is 10.5. The summed E-state index contributed by atoms with van der Waals surface area (Å²) >= 11 is 0. The lowest BCUT2D eigenvalue weighted by Crippen LogP contribution is -2.12. The number of nitrogens with zero attached hydrogens (tertiary/aromatic N) is 3. The summed E-state index contributed by atoms with van der Waals surface area (Å²) in [7, 11) is 0. The quantitative estimate of drug-likeness (QED) is 0.622. The zero-order chi connectivity index (χ0) is 10.3. The number of aromatic amines is 1. The predicted molar refractivity (Wildman–Crippen MR) is 48.2 cm³/mol. The second kappa shape index (κ2) is 2.79. The molecular formula is C7H8FN5O. The number of nitrogens with one attached hydrogen (secondary N) is 1. The molecule has 0 aliphatic carbocycles. The van der Waals surface area contributed by atoms with Gasteiger partial charge in [0.1, 0.15) is 0 Å². The van der Waals surface area contributed by atoms with Crippen LogP contribution in [0.25, 0.3) is 11.2 Å². The van der Waals surface area contributed by atoms with Crippen LogP contribution in [0.2, 0.25) is 0 Å². The number of H-pyrrole nitrogens is 1. The summed E-state index contributed by atoms with van der Waals surface area (Å²) in [5, 5.41) is 0. The number of nitrogens with two attached hydrogens (primary N) is 1. The van der Waals surface area contributed by atoms with Crippen molar-refractivity contribution >= 4 is 17.1 Å². The Morgan fingerprint density at radius 1 is 1.57 bits per heavy atom. The molecule has 2 aromatic rings. The largest absolute Gasteiger partial charge is 0.369 e. The van der Waals surface area contributed by atoms with Crippen LogP contribution in [0.15, 0.2) is 4.79 Å². The van der Waals surface area contributed by atoms with Crippen molar-refractivity contribution in [1.29, 1.82) is 0 Å². The number of fused-ring (bicyclic) bond motifs is 1. The first kappa shape index (κ1) is 8.67. The van der Waals surface area contributed by atoms with Crippen molar-refractivity contribution in [3.63, 3.8) is 0 Å². The SMILES string of the molecule is CCn1c(F)nc2c(=O)[nH]c(N)nc21. The molecule has 0 radical (unpaired) electrons. The molecule has 0 fully saturated rings. The van der Waals surface area contributed by atoms with Crippen LogP contribution in [0, 0.1) is 6.08 Å². The van der Waals surface area contributed by atoms with Gasteiger partial charge >= 0.3 is 0 Å². The first-order valence-electron chi connectivity index (χ1n) is 4.05. The average molecular weight is 197 g/mol. The van der Waals surface area contributed by atoms with E-state index in [2.05, 4.69) is 15.0 Å². The second-order valence-corrected chi connectivity index (χ2v) is 2.75. The monoisotopic (exact) mass is 197 g/mol. The molecule has 2 heterocycles. The summed E-state index contributed by atoms with van der Waals surface area (Å²) in [5.74, 6) is -0.0444. The highest BCUT2D eigenvalue weighted by molar-refractivity contribution is 5.70. The van der Waals surface area contributed by atoms with E-state index in [4.69, 9.17) is 5.73 Å². The van der Waals surface area contributed by atoms with Crippen LogP contribution in [-0.2, 0) is 6.54 Å². The van der Waals surface area contributed by atoms with Gasteiger partial charge in [-0.15, -0.1) is 0 Å². The molecule has 14 heavy (non-hydrogen) atoms. The fourth-order valence-corrected chi connectivity index (χ4v) is 1.28. The fraction of sp³-hybridized carbons (Fsp3) is 0.286. The van der Waals surface area contributed by atoms with Crippen molar-refractivity contribution < 1.29 is 4.39 Å². The summed E-state index contributed by atoms with van der Waals surface area (Å²) in [6.07, 6.45) is -0.730. The fourth-order valence-electron chi connectivity index (χ4n) is 1.28. The Morgan fingerprint density at radius 2 is 2.29 bits per heavy atom. The first-order chi connectivity index (χ1) is 6.63. The van der Waals surface area contributed by atoms with Crippen molar-refractivity contribution in [3.8, 4) is 0 Å². The average Bonchev–Trinajstić information content (AvgIpc) is 2.41. The third-order valence-electron chi connectivity index (χ3n) is 1.89. The number of halogens is 1. The van der Waals surface area contributed by atoms with E-state index in [1.54, 1.807) is 6.92 Å². The van der Waals surface area contributed by atoms with Crippen LogP contribution < -0.4 is 11.3 Å². The smallest absolute Gasteiger partial charge is 0.291 e. The number of hydrogen-bond donors (Lipinski definition) is 2. The van der Waals surface area contributed by atoms with Gasteiger partial charge < -0.3 is 5.73 Å². The van der Waals surface area contributed by atoms with Crippen molar-refractivity contribution in [2.45, 2.75) is 13.5 Å². The van der Waals surface area contributed by atoms with Crippen molar-refractivity contribution in [2.24, 2.45) is 0 Å². The summed E-state index contributed by atoms with van der Waals surface area (Å²) in [6, 6.07) is 0. The number of anilines is 1. The second-order valence-electron chi connectivity index (χ2n) is 2.75. The van der Waals surface area contributed by atoms with Gasteiger partial charge in [0, 0.05) is 6.54 Å². The van der Waals surface area contributed by atoms with Gasteiger partial charge in [-0.2, -0.15) is 14.4 Å². The Morgan fingerprint density at radius 3 is 2.93 bits per heavy atom. The molecule has 2 rings (SSSR count). The molecule has 0 amide bonds. The predicted octanol–water partition coefficient (Wildman–Crippen LogP) is -0.139. The molecule has 0 atom stereocenters. The number of hydrogen-bond acceptors (Lipinski definition) is 4. The topological polar surface area (TPSA) is 89.6 Å². The van der Waals surface area contributed by atoms with Gasteiger partial charge in [0.2, 0.25) is 5.95 Å². The number of aromatic nitrogens is 4. The first-order valence-corrected chi connectivity index (χ1v) is 4.05. The Bertz CT molecular complexity index is 543. The molecule has 6 nitrogen and oxygen atoms in total. The molecule has 74 valence electrons. The minimum atomic E-state index is -0.730. The minimum Gasteiger partial charge on any atom is -0.369 e. The molecule has 0 aliphatic heterocycles. The summed E-state index contributed by atoms with van der Waals surface area (Å²) in [5.41, 5.74) is 4.94. The van der Waals surface area contributed by atoms with E-state index < -0.39 is 11.6 Å². The van der Waals surface area contributed by atoms with Gasteiger partial charge in [0.05, 0.1) is 0 Å². The van der Waals surface area contributed by atoms with E-state index in [9.17, 15) is 9.18 Å². The van der Waals surface area contributed by atoms with E-state index in [0.717, 1.165) is 0 Å². The Labute approximate surface area is 77.6 Å². The maximum absolute atomic E-state index is 13.1. The minimum absolute atomic E-state index is 0.0291. The third-order valence-corrected chi connectivity index (χ3v) is 1.89. The van der Waals surface area contributed by atoms with Gasteiger partial charge in [0.25, 0.3) is 11.6 Å². The van der Waals surface area contributed by atoms with Gasteiger partial charge in [-0.05, 0) is 6.92 Å². The van der Waals surface area contributed by atoms with Gasteiger partial charge in [-0.3, -0.25) is 14.3 Å². The zero-order valence-electron chi connectivity index (χ0n) is 7.41. The van der Waals surface area contributed by atoms with Crippen LogP contribution in [0.5, 0.6) is 0 Å². The van der Waals surface area contributed by atoms with Gasteiger partial charge in [0.15, 0.2) is 11.2 Å². The molecule has 0 bridgehead atoms. The highest BCUT2D eigenvalue weighted by Crippen LogP contribution is 2.09. The summed E-state index contributed by atoms with van der Waals surface area (Å²) < 4.78 is 14.3. The van der Waals surface area contributed by atoms with E-state index in [1.807, 2.05) is 0 Å². The van der Waals surface area contributed by atoms with Crippen molar-refractivity contribution in [3.05, 3.63) is 16.4 Å². The summed E-state index contributed by atoms with van der Waals surface area (Å²) in [6.45, 7) is 2.07. The lowest BCUT2D eigenvalue weighted by molar-refractivity contribution is 0.484. The Kier molecular flexibility index (Phi) is 1.73. The maximum Gasteiger partial charge on any atom is 0.291 e. The van der Waals surface area contributed by atoms with Crippen LogP contribution in [-0.4, -0.2) is 19.5 Å². The van der Waals surface area contributed by atoms with Gasteiger partial charge in [-0.25, -0.2) is 0 Å². The molecule has 7 heteroatoms.